The van der Waals surface area contributed by atoms with Crippen LogP contribution >= 0.6 is 0 Å². The summed E-state index contributed by atoms with van der Waals surface area (Å²) in [6, 6.07) is 66.2. The van der Waals surface area contributed by atoms with E-state index in [-0.39, 0.29) is 0 Å². The molecule has 0 saturated carbocycles. The molecule has 0 spiro atoms. The quantitative estimate of drug-likeness (QED) is 0.184. The van der Waals surface area contributed by atoms with Crippen molar-refractivity contribution in [1.29, 1.82) is 0 Å². The summed E-state index contributed by atoms with van der Waals surface area (Å²) in [5.74, 6) is 0. The Bertz CT molecular complexity index is 2220. The van der Waals surface area contributed by atoms with E-state index in [2.05, 4.69) is 181 Å². The number of aromatic nitrogens is 2. The molecule has 8 aromatic rings. The summed E-state index contributed by atoms with van der Waals surface area (Å²) < 4.78 is 2.05. The zero-order valence-corrected chi connectivity index (χ0v) is 25.2. The molecule has 0 amide bonds. The first kappa shape index (κ1) is 27.4. The maximum atomic E-state index is 5.08. The number of benzene rings is 7. The van der Waals surface area contributed by atoms with Crippen LogP contribution in [-0.2, 0) is 0 Å². The lowest BCUT2D eigenvalue weighted by atomic mass is 10.0. The van der Waals surface area contributed by atoms with Crippen LogP contribution in [0, 0.1) is 0 Å². The van der Waals surface area contributed by atoms with Crippen molar-refractivity contribution >= 4 is 27.8 Å². The second-order valence-corrected chi connectivity index (χ2v) is 11.4. The van der Waals surface area contributed by atoms with Crippen molar-refractivity contribution in [1.82, 2.24) is 9.78 Å². The van der Waals surface area contributed by atoms with E-state index in [0.717, 1.165) is 45.3 Å². The predicted octanol–water partition coefficient (Wildman–Crippen LogP) is 11.5. The predicted molar refractivity (Wildman–Crippen MR) is 192 cm³/mol. The molecule has 8 rings (SSSR count). The van der Waals surface area contributed by atoms with Gasteiger partial charge in [0.15, 0.2) is 0 Å². The topological polar surface area (TPSA) is 21.1 Å². The van der Waals surface area contributed by atoms with E-state index in [1.165, 1.54) is 21.9 Å². The van der Waals surface area contributed by atoms with Crippen LogP contribution in [0.4, 0.5) is 17.1 Å². The van der Waals surface area contributed by atoms with Gasteiger partial charge in [0, 0.05) is 28.2 Å². The van der Waals surface area contributed by atoms with Crippen molar-refractivity contribution in [3.63, 3.8) is 0 Å². The molecule has 0 aliphatic carbocycles. The van der Waals surface area contributed by atoms with Gasteiger partial charge in [-0.05, 0) is 82.6 Å². The Hall–Kier alpha value is -6.19. The summed E-state index contributed by atoms with van der Waals surface area (Å²) in [7, 11) is 0. The largest absolute Gasteiger partial charge is 0.311 e. The van der Waals surface area contributed by atoms with Gasteiger partial charge >= 0.3 is 0 Å². The zero-order valence-electron chi connectivity index (χ0n) is 25.2. The smallest absolute Gasteiger partial charge is 0.0934 e. The van der Waals surface area contributed by atoms with E-state index in [0.29, 0.717) is 0 Å². The lowest BCUT2D eigenvalue weighted by Gasteiger charge is -2.26. The molecule has 3 heteroatoms. The van der Waals surface area contributed by atoms with Gasteiger partial charge < -0.3 is 4.90 Å². The third kappa shape index (κ3) is 5.36. The molecule has 1 heterocycles. The standard InChI is InChI=1S/C43H31N3/c1-4-13-34(14-5-1)42-31-43(35-15-6-2-7-16-35)46(44-42)41-28-26-40(27-29-41)45(38-18-8-3-9-19-38)39-24-22-33(23-25-39)37-21-20-32-12-10-11-17-36(32)30-37/h1-31H. The molecule has 0 N–H and O–H groups in total. The summed E-state index contributed by atoms with van der Waals surface area (Å²) in [6.45, 7) is 0. The minimum absolute atomic E-state index is 0.945. The van der Waals surface area contributed by atoms with Crippen LogP contribution in [0.5, 0.6) is 0 Å². The monoisotopic (exact) mass is 589 g/mol. The number of hydrogen-bond acceptors (Lipinski definition) is 2. The highest BCUT2D eigenvalue weighted by molar-refractivity contribution is 5.88. The first-order valence-corrected chi connectivity index (χ1v) is 15.6. The third-order valence-corrected chi connectivity index (χ3v) is 8.42. The van der Waals surface area contributed by atoms with Gasteiger partial charge in [0.05, 0.1) is 17.1 Å². The summed E-state index contributed by atoms with van der Waals surface area (Å²) in [5.41, 5.74) is 10.9. The third-order valence-electron chi connectivity index (χ3n) is 8.42. The molecule has 0 fully saturated rings. The lowest BCUT2D eigenvalue weighted by Crippen LogP contribution is -2.10. The Kier molecular flexibility index (Phi) is 7.18. The fourth-order valence-corrected chi connectivity index (χ4v) is 6.08. The van der Waals surface area contributed by atoms with Crippen LogP contribution in [0.2, 0.25) is 0 Å². The molecule has 0 radical (unpaired) electrons. The fourth-order valence-electron chi connectivity index (χ4n) is 6.08. The Morgan fingerprint density at radius 3 is 1.57 bits per heavy atom. The van der Waals surface area contributed by atoms with Crippen molar-refractivity contribution in [3.05, 3.63) is 188 Å². The maximum Gasteiger partial charge on any atom is 0.0934 e. The second kappa shape index (κ2) is 12.1. The van der Waals surface area contributed by atoms with Crippen molar-refractivity contribution in [2.45, 2.75) is 0 Å². The van der Waals surface area contributed by atoms with Gasteiger partial charge in [-0.15, -0.1) is 0 Å². The van der Waals surface area contributed by atoms with Crippen molar-refractivity contribution in [2.75, 3.05) is 4.90 Å². The van der Waals surface area contributed by atoms with Crippen LogP contribution in [-0.4, -0.2) is 9.78 Å². The summed E-state index contributed by atoms with van der Waals surface area (Å²) in [6.07, 6.45) is 0. The first-order valence-electron chi connectivity index (χ1n) is 15.6. The summed E-state index contributed by atoms with van der Waals surface area (Å²) in [4.78, 5) is 2.30. The summed E-state index contributed by atoms with van der Waals surface area (Å²) >= 11 is 0. The summed E-state index contributed by atoms with van der Waals surface area (Å²) in [5, 5.41) is 7.58. The maximum absolute atomic E-state index is 5.08. The van der Waals surface area contributed by atoms with Crippen LogP contribution in [0.1, 0.15) is 0 Å². The van der Waals surface area contributed by atoms with Crippen LogP contribution in [0.25, 0.3) is 50.1 Å². The van der Waals surface area contributed by atoms with E-state index >= 15 is 0 Å². The molecule has 0 bridgehead atoms. The van der Waals surface area contributed by atoms with Crippen LogP contribution < -0.4 is 4.90 Å². The molecule has 0 atom stereocenters. The van der Waals surface area contributed by atoms with E-state index in [1.807, 2.05) is 16.8 Å². The minimum atomic E-state index is 0.945. The van der Waals surface area contributed by atoms with Crippen LogP contribution in [0.15, 0.2) is 188 Å². The molecule has 0 aliphatic heterocycles. The van der Waals surface area contributed by atoms with Gasteiger partial charge in [-0.2, -0.15) is 5.10 Å². The molecule has 0 unspecified atom stereocenters. The second-order valence-electron chi connectivity index (χ2n) is 11.4. The average molecular weight is 590 g/mol. The fraction of sp³-hybridized carbons (Fsp3) is 0. The SMILES string of the molecule is c1ccc(-c2cc(-c3ccccc3)n(-c3ccc(N(c4ccccc4)c4ccc(-c5ccc6ccccc6c5)cc4)cc3)n2)cc1. The molecule has 3 nitrogen and oxygen atoms in total. The Balaban J connectivity index is 1.16. The normalized spacial score (nSPS) is 11.0. The Morgan fingerprint density at radius 2 is 0.891 bits per heavy atom. The lowest BCUT2D eigenvalue weighted by molar-refractivity contribution is 0.892. The molecule has 1 aromatic heterocycles. The molecule has 0 aliphatic rings. The van der Waals surface area contributed by atoms with Gasteiger partial charge in [0.2, 0.25) is 0 Å². The number of rotatable bonds is 7. The van der Waals surface area contributed by atoms with Gasteiger partial charge in [0.25, 0.3) is 0 Å². The molecular formula is C43H31N3. The van der Waals surface area contributed by atoms with Gasteiger partial charge in [-0.25, -0.2) is 4.68 Å². The molecule has 46 heavy (non-hydrogen) atoms. The highest BCUT2D eigenvalue weighted by Crippen LogP contribution is 2.37. The highest BCUT2D eigenvalue weighted by Gasteiger charge is 2.16. The molecule has 0 saturated heterocycles. The van der Waals surface area contributed by atoms with Gasteiger partial charge in [0.1, 0.15) is 0 Å². The average Bonchev–Trinajstić information content (AvgIpc) is 3.59. The molecular weight excluding hydrogens is 558 g/mol. The van der Waals surface area contributed by atoms with E-state index < -0.39 is 0 Å². The Morgan fingerprint density at radius 1 is 0.370 bits per heavy atom. The number of hydrogen-bond donors (Lipinski definition) is 0. The minimum Gasteiger partial charge on any atom is -0.311 e. The van der Waals surface area contributed by atoms with Crippen molar-refractivity contribution in [2.24, 2.45) is 0 Å². The van der Waals surface area contributed by atoms with E-state index in [9.17, 15) is 0 Å². The van der Waals surface area contributed by atoms with Gasteiger partial charge in [-0.1, -0.05) is 127 Å². The van der Waals surface area contributed by atoms with E-state index in [4.69, 9.17) is 5.10 Å². The number of fused-ring (bicyclic) bond motifs is 1. The van der Waals surface area contributed by atoms with E-state index in [1.54, 1.807) is 0 Å². The zero-order chi connectivity index (χ0) is 30.7. The number of nitrogens with zero attached hydrogens (tertiary/aromatic N) is 3. The Labute approximate surface area is 269 Å². The van der Waals surface area contributed by atoms with Crippen molar-refractivity contribution in [3.8, 4) is 39.3 Å². The number of anilines is 3. The van der Waals surface area contributed by atoms with Crippen LogP contribution in [0.3, 0.4) is 0 Å². The highest BCUT2D eigenvalue weighted by atomic mass is 15.3. The molecule has 218 valence electrons. The molecule has 7 aromatic carbocycles. The van der Waals surface area contributed by atoms with Gasteiger partial charge in [-0.3, -0.25) is 0 Å². The first-order chi connectivity index (χ1) is 22.8. The number of para-hydroxylation sites is 1. The van der Waals surface area contributed by atoms with Crippen molar-refractivity contribution < 1.29 is 0 Å².